The number of hydrogen-bond acceptors (Lipinski definition) is 5. The number of amides is 1. The van der Waals surface area contributed by atoms with Gasteiger partial charge < -0.3 is 14.4 Å². The maximum Gasteiger partial charge on any atom is 0.265 e. The number of aromatic nitrogens is 1. The lowest BCUT2D eigenvalue weighted by molar-refractivity contribution is 0.0523. The van der Waals surface area contributed by atoms with Crippen molar-refractivity contribution in [3.8, 4) is 11.5 Å². The molecule has 0 saturated carbocycles. The van der Waals surface area contributed by atoms with Gasteiger partial charge in [-0.05, 0) is 19.1 Å². The van der Waals surface area contributed by atoms with Gasteiger partial charge in [-0.2, -0.15) is 0 Å². The molecule has 0 radical (unpaired) electrons. The largest absolute Gasteiger partial charge is 0.486 e. The Labute approximate surface area is 127 Å². The van der Waals surface area contributed by atoms with Crippen molar-refractivity contribution in [2.45, 2.75) is 13.0 Å². The first-order valence-electron chi connectivity index (χ1n) is 6.69. The lowest BCUT2D eigenvalue weighted by Gasteiger charge is -2.29. The molecule has 21 heavy (non-hydrogen) atoms. The van der Waals surface area contributed by atoms with Crippen molar-refractivity contribution in [2.24, 2.45) is 0 Å². The molecule has 0 bridgehead atoms. The second kappa shape index (κ2) is 5.73. The summed E-state index contributed by atoms with van der Waals surface area (Å²) in [6.45, 7) is 2.76. The zero-order chi connectivity index (χ0) is 14.8. The molecule has 0 fully saturated rings. The molecule has 1 atom stereocenters. The highest BCUT2D eigenvalue weighted by Gasteiger charge is 2.25. The Kier molecular flexibility index (Phi) is 3.79. The molecule has 1 aliphatic rings. The normalized spacial score (nSPS) is 16.6. The number of nitrogens with zero attached hydrogens (tertiary/aromatic N) is 2. The van der Waals surface area contributed by atoms with Gasteiger partial charge in [0, 0.05) is 7.05 Å². The van der Waals surface area contributed by atoms with Gasteiger partial charge in [0.25, 0.3) is 5.91 Å². The minimum atomic E-state index is -0.165. The number of hydrogen-bond donors (Lipinski definition) is 0. The Morgan fingerprint density at radius 1 is 1.43 bits per heavy atom. The van der Waals surface area contributed by atoms with Gasteiger partial charge in [0.05, 0.1) is 17.7 Å². The topological polar surface area (TPSA) is 51.7 Å². The number of fused-ring (bicyclic) bond motifs is 1. The number of rotatable bonds is 3. The molecule has 0 spiro atoms. The number of aryl methyl sites for hydroxylation is 1. The van der Waals surface area contributed by atoms with Gasteiger partial charge >= 0.3 is 0 Å². The van der Waals surface area contributed by atoms with E-state index in [9.17, 15) is 4.79 Å². The molecule has 0 N–H and O–H groups in total. The lowest BCUT2D eigenvalue weighted by atomic mass is 10.2. The zero-order valence-electron chi connectivity index (χ0n) is 11.9. The highest BCUT2D eigenvalue weighted by molar-refractivity contribution is 7.11. The fourth-order valence-corrected chi connectivity index (χ4v) is 3.02. The third kappa shape index (κ3) is 2.85. The molecular weight excluding hydrogens is 288 g/mol. The van der Waals surface area contributed by atoms with Crippen molar-refractivity contribution in [1.82, 2.24) is 9.88 Å². The predicted molar refractivity (Wildman–Crippen MR) is 80.2 cm³/mol. The van der Waals surface area contributed by atoms with E-state index in [4.69, 9.17) is 9.47 Å². The molecule has 0 unspecified atom stereocenters. The van der Waals surface area contributed by atoms with E-state index in [1.165, 1.54) is 11.3 Å². The van der Waals surface area contributed by atoms with Crippen molar-refractivity contribution in [3.63, 3.8) is 0 Å². The van der Waals surface area contributed by atoms with E-state index in [1.807, 2.05) is 31.2 Å². The Bertz CT molecular complexity index is 656. The first-order chi connectivity index (χ1) is 10.1. The van der Waals surface area contributed by atoms with Gasteiger partial charge in [0.15, 0.2) is 17.6 Å². The first-order valence-corrected chi connectivity index (χ1v) is 7.57. The Morgan fingerprint density at radius 3 is 2.90 bits per heavy atom. The Morgan fingerprint density at radius 2 is 2.19 bits per heavy atom. The van der Waals surface area contributed by atoms with Gasteiger partial charge in [0.1, 0.15) is 11.5 Å². The summed E-state index contributed by atoms with van der Waals surface area (Å²) in [5.41, 5.74) is 2.45. The van der Waals surface area contributed by atoms with Gasteiger partial charge in [-0.1, -0.05) is 12.1 Å². The minimum absolute atomic E-state index is 0.0301. The van der Waals surface area contributed by atoms with Crippen LogP contribution in [0.15, 0.2) is 29.8 Å². The Balaban J connectivity index is 1.65. The molecule has 1 aromatic carbocycles. The van der Waals surface area contributed by atoms with Crippen LogP contribution < -0.4 is 9.47 Å². The second-order valence-corrected chi connectivity index (χ2v) is 5.80. The summed E-state index contributed by atoms with van der Waals surface area (Å²) >= 11 is 1.36. The quantitative estimate of drug-likeness (QED) is 0.873. The number of likely N-dealkylation sites (N-methyl/N-ethyl adjacent to an activating group) is 1. The standard InChI is InChI=1S/C15H16N2O3S/c1-10-14(21-9-16-10)15(18)17(2)7-11-8-19-12-5-3-4-6-13(12)20-11/h3-6,9,11H,7-8H2,1-2H3/t11-/m1/s1. The van der Waals surface area contributed by atoms with Crippen molar-refractivity contribution in [1.29, 1.82) is 0 Å². The molecule has 1 amide bonds. The van der Waals surface area contributed by atoms with E-state index >= 15 is 0 Å². The third-order valence-electron chi connectivity index (χ3n) is 3.33. The summed E-state index contributed by atoms with van der Waals surface area (Å²) < 4.78 is 11.5. The molecule has 0 saturated heterocycles. The van der Waals surface area contributed by atoms with Gasteiger partial charge in [-0.25, -0.2) is 4.98 Å². The number of para-hydroxylation sites is 2. The molecule has 0 aliphatic carbocycles. The summed E-state index contributed by atoms with van der Waals surface area (Å²) in [4.78, 5) is 18.8. The SMILES string of the molecule is Cc1ncsc1C(=O)N(C)C[C@@H]1COc2ccccc2O1. The maximum absolute atomic E-state index is 12.3. The monoisotopic (exact) mass is 304 g/mol. The number of carbonyl (C=O) groups excluding carboxylic acids is 1. The molecule has 1 aromatic heterocycles. The molecule has 2 heterocycles. The molecule has 1 aliphatic heterocycles. The summed E-state index contributed by atoms with van der Waals surface area (Å²) in [5, 5.41) is 0. The Hall–Kier alpha value is -2.08. The third-order valence-corrected chi connectivity index (χ3v) is 4.25. The van der Waals surface area contributed by atoms with E-state index in [0.29, 0.717) is 18.0 Å². The van der Waals surface area contributed by atoms with E-state index in [2.05, 4.69) is 4.98 Å². The molecule has 6 heteroatoms. The zero-order valence-corrected chi connectivity index (χ0v) is 12.7. The predicted octanol–water partition coefficient (Wildman–Crippen LogP) is 2.36. The van der Waals surface area contributed by atoms with Crippen molar-refractivity contribution < 1.29 is 14.3 Å². The van der Waals surface area contributed by atoms with Crippen LogP contribution in [0, 0.1) is 6.92 Å². The van der Waals surface area contributed by atoms with Crippen LogP contribution >= 0.6 is 11.3 Å². The number of benzene rings is 1. The molecular formula is C15H16N2O3S. The summed E-state index contributed by atoms with van der Waals surface area (Å²) in [5.74, 6) is 1.45. The average Bonchev–Trinajstić information content (AvgIpc) is 2.92. The highest BCUT2D eigenvalue weighted by Crippen LogP contribution is 2.31. The van der Waals surface area contributed by atoms with Crippen LogP contribution in [-0.2, 0) is 0 Å². The number of thiazole rings is 1. The van der Waals surface area contributed by atoms with E-state index in [0.717, 1.165) is 17.2 Å². The first kappa shape index (κ1) is 13.9. The molecule has 5 nitrogen and oxygen atoms in total. The van der Waals surface area contributed by atoms with Crippen LogP contribution in [0.3, 0.4) is 0 Å². The number of carbonyl (C=O) groups is 1. The van der Waals surface area contributed by atoms with Crippen LogP contribution in [0.25, 0.3) is 0 Å². The summed E-state index contributed by atoms with van der Waals surface area (Å²) in [6, 6.07) is 7.56. The summed E-state index contributed by atoms with van der Waals surface area (Å²) in [7, 11) is 1.77. The molecule has 2 aromatic rings. The van der Waals surface area contributed by atoms with Crippen molar-refractivity contribution >= 4 is 17.2 Å². The van der Waals surface area contributed by atoms with Crippen LogP contribution in [0.1, 0.15) is 15.4 Å². The highest BCUT2D eigenvalue weighted by atomic mass is 32.1. The maximum atomic E-state index is 12.3. The van der Waals surface area contributed by atoms with Crippen LogP contribution in [-0.4, -0.2) is 42.1 Å². The van der Waals surface area contributed by atoms with Crippen LogP contribution in [0.2, 0.25) is 0 Å². The average molecular weight is 304 g/mol. The van der Waals surface area contributed by atoms with Crippen LogP contribution in [0.5, 0.6) is 11.5 Å². The lowest BCUT2D eigenvalue weighted by Crippen LogP contribution is -2.41. The molecule has 110 valence electrons. The van der Waals surface area contributed by atoms with Gasteiger partial charge in [-0.15, -0.1) is 11.3 Å². The van der Waals surface area contributed by atoms with E-state index in [-0.39, 0.29) is 12.0 Å². The van der Waals surface area contributed by atoms with Crippen molar-refractivity contribution in [3.05, 3.63) is 40.3 Å². The minimum Gasteiger partial charge on any atom is -0.486 e. The van der Waals surface area contributed by atoms with Gasteiger partial charge in [-0.3, -0.25) is 4.79 Å². The summed E-state index contributed by atoms with van der Waals surface area (Å²) in [6.07, 6.45) is -0.165. The van der Waals surface area contributed by atoms with E-state index < -0.39 is 0 Å². The van der Waals surface area contributed by atoms with Gasteiger partial charge in [0.2, 0.25) is 0 Å². The van der Waals surface area contributed by atoms with Crippen molar-refractivity contribution in [2.75, 3.05) is 20.2 Å². The number of ether oxygens (including phenoxy) is 2. The smallest absolute Gasteiger partial charge is 0.265 e. The molecule has 3 rings (SSSR count). The van der Waals surface area contributed by atoms with E-state index in [1.54, 1.807) is 17.5 Å². The van der Waals surface area contributed by atoms with Crippen LogP contribution in [0.4, 0.5) is 0 Å². The second-order valence-electron chi connectivity index (χ2n) is 4.95. The fourth-order valence-electron chi connectivity index (χ4n) is 2.22. The fraction of sp³-hybridized carbons (Fsp3) is 0.333.